The van der Waals surface area contributed by atoms with Gasteiger partial charge in [-0.05, 0) is 48.2 Å². The average Bonchev–Trinajstić information content (AvgIpc) is 2.71. The van der Waals surface area contributed by atoms with Crippen molar-refractivity contribution in [2.45, 2.75) is 33.0 Å². The Bertz CT molecular complexity index is 861. The number of methoxy groups -OCH3 is 1. The Morgan fingerprint density at radius 3 is 2.33 bits per heavy atom. The van der Waals surface area contributed by atoms with Gasteiger partial charge in [0.05, 0.1) is 7.11 Å². The van der Waals surface area contributed by atoms with Crippen LogP contribution in [0.1, 0.15) is 35.2 Å². The predicted octanol–water partition coefficient (Wildman–Crippen LogP) is 5.43. The predicted molar refractivity (Wildman–Crippen MR) is 110 cm³/mol. The fourth-order valence-electron chi connectivity index (χ4n) is 3.13. The zero-order valence-electron chi connectivity index (χ0n) is 16.2. The van der Waals surface area contributed by atoms with Crippen LogP contribution in [-0.2, 0) is 13.2 Å². The third-order valence-corrected chi connectivity index (χ3v) is 4.73. The van der Waals surface area contributed by atoms with Crippen molar-refractivity contribution in [1.29, 1.82) is 0 Å². The maximum atomic E-state index is 6.01. The van der Waals surface area contributed by atoms with Crippen LogP contribution in [0.2, 0.25) is 0 Å². The van der Waals surface area contributed by atoms with E-state index >= 15 is 0 Å². The van der Waals surface area contributed by atoms with E-state index in [0.29, 0.717) is 6.61 Å². The Hall–Kier alpha value is -2.78. The first kappa shape index (κ1) is 19.0. The standard InChI is InChI=1S/C24H27NO2/c1-18-9-7-8-12-22(18)19(2)25-16-21-13-14-23(26-3)24(15-21)27-17-20-10-5-4-6-11-20/h4-15,19,25H,16-17H2,1-3H3. The molecule has 1 atom stereocenters. The molecule has 0 aromatic heterocycles. The number of hydrogen-bond acceptors (Lipinski definition) is 3. The summed E-state index contributed by atoms with van der Waals surface area (Å²) >= 11 is 0. The molecule has 0 saturated heterocycles. The molecule has 0 fully saturated rings. The van der Waals surface area contributed by atoms with E-state index in [-0.39, 0.29) is 6.04 Å². The number of benzene rings is 3. The molecule has 3 nitrogen and oxygen atoms in total. The minimum absolute atomic E-state index is 0.280. The second-order valence-corrected chi connectivity index (χ2v) is 6.72. The first-order valence-corrected chi connectivity index (χ1v) is 9.30. The van der Waals surface area contributed by atoms with Crippen molar-refractivity contribution in [3.8, 4) is 11.5 Å². The van der Waals surface area contributed by atoms with Crippen molar-refractivity contribution in [3.05, 3.63) is 95.1 Å². The van der Waals surface area contributed by atoms with E-state index < -0.39 is 0 Å². The second kappa shape index (κ2) is 9.24. The van der Waals surface area contributed by atoms with Gasteiger partial charge >= 0.3 is 0 Å². The Labute approximate surface area is 162 Å². The first-order chi connectivity index (χ1) is 13.2. The van der Waals surface area contributed by atoms with Gasteiger partial charge in [-0.3, -0.25) is 0 Å². The van der Waals surface area contributed by atoms with Gasteiger partial charge in [0.25, 0.3) is 0 Å². The number of rotatable bonds is 8. The lowest BCUT2D eigenvalue weighted by molar-refractivity contribution is 0.284. The van der Waals surface area contributed by atoms with Crippen LogP contribution in [0.3, 0.4) is 0 Å². The monoisotopic (exact) mass is 361 g/mol. The molecule has 0 saturated carbocycles. The smallest absolute Gasteiger partial charge is 0.161 e. The number of ether oxygens (including phenoxy) is 2. The summed E-state index contributed by atoms with van der Waals surface area (Å²) < 4.78 is 11.5. The van der Waals surface area contributed by atoms with Gasteiger partial charge in [-0.25, -0.2) is 0 Å². The highest BCUT2D eigenvalue weighted by Gasteiger charge is 2.10. The van der Waals surface area contributed by atoms with Crippen molar-refractivity contribution in [3.63, 3.8) is 0 Å². The molecular weight excluding hydrogens is 334 g/mol. The molecule has 0 bridgehead atoms. The van der Waals surface area contributed by atoms with Gasteiger partial charge in [0.1, 0.15) is 6.61 Å². The SMILES string of the molecule is COc1ccc(CNC(C)c2ccccc2C)cc1OCc1ccccc1. The van der Waals surface area contributed by atoms with Crippen LogP contribution in [0.15, 0.2) is 72.8 Å². The van der Waals surface area contributed by atoms with E-state index in [0.717, 1.165) is 23.6 Å². The minimum atomic E-state index is 0.280. The van der Waals surface area contributed by atoms with Gasteiger partial charge in [-0.2, -0.15) is 0 Å². The Balaban J connectivity index is 1.66. The summed E-state index contributed by atoms with van der Waals surface area (Å²) in [5, 5.41) is 3.60. The van der Waals surface area contributed by atoms with Crippen LogP contribution in [0.25, 0.3) is 0 Å². The summed E-state index contributed by atoms with van der Waals surface area (Å²) in [6.07, 6.45) is 0. The van der Waals surface area contributed by atoms with Crippen LogP contribution < -0.4 is 14.8 Å². The average molecular weight is 361 g/mol. The third kappa shape index (κ3) is 5.11. The fraction of sp³-hybridized carbons (Fsp3) is 0.250. The molecule has 0 heterocycles. The molecule has 140 valence electrons. The van der Waals surface area contributed by atoms with E-state index in [2.05, 4.69) is 67.7 Å². The molecule has 3 aromatic rings. The first-order valence-electron chi connectivity index (χ1n) is 9.30. The maximum Gasteiger partial charge on any atom is 0.161 e. The zero-order chi connectivity index (χ0) is 19.1. The van der Waals surface area contributed by atoms with Crippen molar-refractivity contribution < 1.29 is 9.47 Å². The lowest BCUT2D eigenvalue weighted by Gasteiger charge is -2.17. The number of aryl methyl sites for hydroxylation is 1. The van der Waals surface area contributed by atoms with E-state index in [1.165, 1.54) is 16.7 Å². The highest BCUT2D eigenvalue weighted by molar-refractivity contribution is 5.43. The van der Waals surface area contributed by atoms with Crippen molar-refractivity contribution >= 4 is 0 Å². The molecule has 3 heteroatoms. The zero-order valence-corrected chi connectivity index (χ0v) is 16.2. The summed E-state index contributed by atoms with van der Waals surface area (Å²) in [5.41, 5.74) is 4.93. The summed E-state index contributed by atoms with van der Waals surface area (Å²) in [5.74, 6) is 1.52. The molecule has 1 N–H and O–H groups in total. The molecule has 0 radical (unpaired) electrons. The molecule has 0 aliphatic heterocycles. The van der Waals surface area contributed by atoms with Gasteiger partial charge in [-0.1, -0.05) is 60.7 Å². The van der Waals surface area contributed by atoms with Gasteiger partial charge in [0.2, 0.25) is 0 Å². The molecule has 3 aromatic carbocycles. The molecule has 3 rings (SSSR count). The third-order valence-electron chi connectivity index (χ3n) is 4.73. The van der Waals surface area contributed by atoms with E-state index in [1.807, 2.05) is 24.3 Å². The molecule has 27 heavy (non-hydrogen) atoms. The summed E-state index contributed by atoms with van der Waals surface area (Å²) in [4.78, 5) is 0. The summed E-state index contributed by atoms with van der Waals surface area (Å²) in [6.45, 7) is 5.63. The molecule has 0 spiro atoms. The van der Waals surface area contributed by atoms with E-state index in [4.69, 9.17) is 9.47 Å². The summed E-state index contributed by atoms with van der Waals surface area (Å²) in [7, 11) is 1.67. The maximum absolute atomic E-state index is 6.01. The number of hydrogen-bond donors (Lipinski definition) is 1. The van der Waals surface area contributed by atoms with Crippen molar-refractivity contribution in [1.82, 2.24) is 5.32 Å². The van der Waals surface area contributed by atoms with Crippen LogP contribution >= 0.6 is 0 Å². The Morgan fingerprint density at radius 2 is 1.59 bits per heavy atom. The van der Waals surface area contributed by atoms with Crippen LogP contribution in [0.5, 0.6) is 11.5 Å². The Kier molecular flexibility index (Phi) is 6.50. The van der Waals surface area contributed by atoms with E-state index in [9.17, 15) is 0 Å². The van der Waals surface area contributed by atoms with Crippen molar-refractivity contribution in [2.24, 2.45) is 0 Å². The molecule has 0 amide bonds. The summed E-state index contributed by atoms with van der Waals surface area (Å²) in [6, 6.07) is 25.0. The molecule has 1 unspecified atom stereocenters. The van der Waals surface area contributed by atoms with Crippen LogP contribution in [0.4, 0.5) is 0 Å². The molecule has 0 aliphatic rings. The van der Waals surface area contributed by atoms with Crippen LogP contribution in [0, 0.1) is 6.92 Å². The van der Waals surface area contributed by atoms with E-state index in [1.54, 1.807) is 7.11 Å². The largest absolute Gasteiger partial charge is 0.493 e. The minimum Gasteiger partial charge on any atom is -0.493 e. The highest BCUT2D eigenvalue weighted by Crippen LogP contribution is 2.29. The highest BCUT2D eigenvalue weighted by atomic mass is 16.5. The number of nitrogens with one attached hydrogen (secondary N) is 1. The molecule has 0 aliphatic carbocycles. The lowest BCUT2D eigenvalue weighted by Crippen LogP contribution is -2.19. The lowest BCUT2D eigenvalue weighted by atomic mass is 10.0. The van der Waals surface area contributed by atoms with Crippen LogP contribution in [-0.4, -0.2) is 7.11 Å². The van der Waals surface area contributed by atoms with Gasteiger partial charge < -0.3 is 14.8 Å². The topological polar surface area (TPSA) is 30.5 Å². The van der Waals surface area contributed by atoms with Gasteiger partial charge in [0.15, 0.2) is 11.5 Å². The van der Waals surface area contributed by atoms with Gasteiger partial charge in [-0.15, -0.1) is 0 Å². The van der Waals surface area contributed by atoms with Gasteiger partial charge in [0, 0.05) is 12.6 Å². The fourth-order valence-corrected chi connectivity index (χ4v) is 3.13. The normalized spacial score (nSPS) is 11.8. The second-order valence-electron chi connectivity index (χ2n) is 6.72. The van der Waals surface area contributed by atoms with Crippen molar-refractivity contribution in [2.75, 3.05) is 7.11 Å². The quantitative estimate of drug-likeness (QED) is 0.580. The molecular formula is C24H27NO2. The Morgan fingerprint density at radius 1 is 0.852 bits per heavy atom.